The summed E-state index contributed by atoms with van der Waals surface area (Å²) in [6.45, 7) is 3.11. The Bertz CT molecular complexity index is 672. The molecule has 0 radical (unpaired) electrons. The highest BCUT2D eigenvalue weighted by atomic mass is 32.1. The topological polar surface area (TPSA) is 86.7 Å². The molecule has 25 heavy (non-hydrogen) atoms. The summed E-state index contributed by atoms with van der Waals surface area (Å²) in [7, 11) is 0. The van der Waals surface area contributed by atoms with Crippen LogP contribution in [0.15, 0.2) is 12.1 Å². The van der Waals surface area contributed by atoms with Crippen LogP contribution in [-0.2, 0) is 9.59 Å². The molecule has 2 aliphatic rings. The number of hydrogen-bond acceptors (Lipinski definition) is 4. The minimum atomic E-state index is -0.847. The number of nitrogens with one attached hydrogen (secondary N) is 1. The van der Waals surface area contributed by atoms with Gasteiger partial charge in [-0.25, -0.2) is 0 Å². The van der Waals surface area contributed by atoms with Crippen LogP contribution >= 0.6 is 11.3 Å². The standard InChI is InChI=1S/C18H24N2O4S/c1-12-3-4-14(25-12)16(22)19-13-5-9-20(10-6-13)15(21)11-18(17(23)24)7-2-8-18/h3-4,13H,2,5-11H2,1H3,(H,19,22)(H,23,24). The molecule has 2 heterocycles. The van der Waals surface area contributed by atoms with Crippen molar-refractivity contribution in [2.75, 3.05) is 13.1 Å². The lowest BCUT2D eigenvalue weighted by Crippen LogP contribution is -2.49. The zero-order valence-electron chi connectivity index (χ0n) is 14.4. The average Bonchev–Trinajstić information content (AvgIpc) is 2.97. The Morgan fingerprint density at radius 1 is 1.28 bits per heavy atom. The van der Waals surface area contributed by atoms with Crippen molar-refractivity contribution in [3.8, 4) is 0 Å². The number of nitrogens with zero attached hydrogens (tertiary/aromatic N) is 1. The van der Waals surface area contributed by atoms with Gasteiger partial charge in [-0.15, -0.1) is 11.3 Å². The lowest BCUT2D eigenvalue weighted by Gasteiger charge is -2.39. The number of carbonyl (C=O) groups excluding carboxylic acids is 2. The van der Waals surface area contributed by atoms with Crippen molar-refractivity contribution in [2.45, 2.75) is 51.5 Å². The molecule has 0 aromatic carbocycles. The van der Waals surface area contributed by atoms with Crippen molar-refractivity contribution >= 4 is 29.1 Å². The Labute approximate surface area is 151 Å². The highest BCUT2D eigenvalue weighted by Gasteiger charge is 2.46. The lowest BCUT2D eigenvalue weighted by molar-refractivity contribution is -0.159. The number of amides is 2. The van der Waals surface area contributed by atoms with Gasteiger partial charge in [0.15, 0.2) is 0 Å². The molecule has 2 N–H and O–H groups in total. The zero-order chi connectivity index (χ0) is 18.0. The van der Waals surface area contributed by atoms with Crippen LogP contribution in [0, 0.1) is 12.3 Å². The molecule has 1 aliphatic heterocycles. The van der Waals surface area contributed by atoms with Gasteiger partial charge in [-0.3, -0.25) is 14.4 Å². The molecule has 136 valence electrons. The fourth-order valence-electron chi connectivity index (χ4n) is 3.56. The average molecular weight is 364 g/mol. The largest absolute Gasteiger partial charge is 0.481 e. The van der Waals surface area contributed by atoms with Crippen molar-refractivity contribution in [1.29, 1.82) is 0 Å². The van der Waals surface area contributed by atoms with E-state index >= 15 is 0 Å². The van der Waals surface area contributed by atoms with E-state index in [0.717, 1.165) is 11.3 Å². The van der Waals surface area contributed by atoms with Crippen molar-refractivity contribution in [2.24, 2.45) is 5.41 Å². The van der Waals surface area contributed by atoms with Crippen LogP contribution in [0.4, 0.5) is 0 Å². The smallest absolute Gasteiger partial charge is 0.310 e. The maximum atomic E-state index is 12.4. The molecule has 1 aromatic rings. The number of piperidine rings is 1. The van der Waals surface area contributed by atoms with E-state index in [1.165, 1.54) is 11.3 Å². The van der Waals surface area contributed by atoms with Gasteiger partial charge in [0.05, 0.1) is 10.3 Å². The molecule has 1 saturated carbocycles. The molecule has 1 aliphatic carbocycles. The van der Waals surface area contributed by atoms with Crippen molar-refractivity contribution < 1.29 is 19.5 Å². The molecule has 3 rings (SSSR count). The molecule has 0 spiro atoms. The molecular formula is C18H24N2O4S. The summed E-state index contributed by atoms with van der Waals surface area (Å²) in [5.74, 6) is -0.969. The first kappa shape index (κ1) is 17.9. The number of likely N-dealkylation sites (tertiary alicyclic amines) is 1. The third-order valence-corrected chi connectivity index (χ3v) is 6.40. The third-order valence-electron chi connectivity index (χ3n) is 5.40. The van der Waals surface area contributed by atoms with E-state index in [0.29, 0.717) is 43.6 Å². The maximum absolute atomic E-state index is 12.4. The van der Waals surface area contributed by atoms with E-state index in [-0.39, 0.29) is 24.3 Å². The number of hydrogen-bond donors (Lipinski definition) is 2. The van der Waals surface area contributed by atoms with E-state index in [1.807, 2.05) is 19.1 Å². The van der Waals surface area contributed by atoms with Crippen LogP contribution in [0.25, 0.3) is 0 Å². The van der Waals surface area contributed by atoms with Crippen LogP contribution in [-0.4, -0.2) is 46.9 Å². The van der Waals surface area contributed by atoms with Crippen LogP contribution < -0.4 is 5.32 Å². The summed E-state index contributed by atoms with van der Waals surface area (Å²) in [6, 6.07) is 3.83. The summed E-state index contributed by atoms with van der Waals surface area (Å²) < 4.78 is 0. The molecule has 1 saturated heterocycles. The number of aliphatic carboxylic acids is 1. The Balaban J connectivity index is 1.47. The summed E-state index contributed by atoms with van der Waals surface area (Å²) in [5, 5.41) is 12.4. The molecule has 6 nitrogen and oxygen atoms in total. The first-order valence-electron chi connectivity index (χ1n) is 8.78. The first-order valence-corrected chi connectivity index (χ1v) is 9.60. The molecule has 0 atom stereocenters. The Hall–Kier alpha value is -1.89. The molecule has 7 heteroatoms. The second-order valence-electron chi connectivity index (χ2n) is 7.15. The highest BCUT2D eigenvalue weighted by molar-refractivity contribution is 7.13. The van der Waals surface area contributed by atoms with Crippen molar-refractivity contribution in [3.05, 3.63) is 21.9 Å². The van der Waals surface area contributed by atoms with Gasteiger partial charge in [0, 0.05) is 30.4 Å². The van der Waals surface area contributed by atoms with E-state index < -0.39 is 11.4 Å². The van der Waals surface area contributed by atoms with Crippen molar-refractivity contribution in [3.63, 3.8) is 0 Å². The fourth-order valence-corrected chi connectivity index (χ4v) is 4.33. The zero-order valence-corrected chi connectivity index (χ0v) is 15.2. The van der Waals surface area contributed by atoms with Gasteiger partial charge >= 0.3 is 5.97 Å². The molecule has 2 amide bonds. The second-order valence-corrected chi connectivity index (χ2v) is 8.44. The quantitative estimate of drug-likeness (QED) is 0.840. The van der Waals surface area contributed by atoms with Gasteiger partial charge in [0.25, 0.3) is 5.91 Å². The van der Waals surface area contributed by atoms with E-state index in [9.17, 15) is 19.5 Å². The summed E-state index contributed by atoms with van der Waals surface area (Å²) in [6.07, 6.45) is 3.61. The lowest BCUT2D eigenvalue weighted by atomic mass is 9.66. The van der Waals surface area contributed by atoms with Crippen LogP contribution in [0.3, 0.4) is 0 Å². The molecule has 0 unspecified atom stereocenters. The number of carbonyl (C=O) groups is 3. The monoisotopic (exact) mass is 364 g/mol. The number of thiophene rings is 1. The van der Waals surface area contributed by atoms with E-state index in [4.69, 9.17) is 0 Å². The predicted octanol–water partition coefficient (Wildman–Crippen LogP) is 2.42. The number of carboxylic acid groups (broad SMARTS) is 1. The Kier molecular flexibility index (Phi) is 5.13. The Morgan fingerprint density at radius 2 is 1.96 bits per heavy atom. The van der Waals surface area contributed by atoms with Gasteiger partial charge in [0.1, 0.15) is 0 Å². The third kappa shape index (κ3) is 3.86. The minimum Gasteiger partial charge on any atom is -0.481 e. The number of rotatable bonds is 5. The van der Waals surface area contributed by atoms with Gasteiger partial charge in [-0.05, 0) is 44.7 Å². The maximum Gasteiger partial charge on any atom is 0.310 e. The van der Waals surface area contributed by atoms with Gasteiger partial charge in [0.2, 0.25) is 5.91 Å². The van der Waals surface area contributed by atoms with Gasteiger partial charge < -0.3 is 15.3 Å². The summed E-state index contributed by atoms with van der Waals surface area (Å²) in [5.41, 5.74) is -0.834. The number of aryl methyl sites for hydroxylation is 1. The van der Waals surface area contributed by atoms with Crippen LogP contribution in [0.2, 0.25) is 0 Å². The molecule has 2 fully saturated rings. The van der Waals surface area contributed by atoms with Gasteiger partial charge in [-0.1, -0.05) is 6.42 Å². The van der Waals surface area contributed by atoms with Crippen molar-refractivity contribution in [1.82, 2.24) is 10.2 Å². The summed E-state index contributed by atoms with van der Waals surface area (Å²) in [4.78, 5) is 39.6. The highest BCUT2D eigenvalue weighted by Crippen LogP contribution is 2.44. The Morgan fingerprint density at radius 3 is 2.44 bits per heavy atom. The number of carboxylic acids is 1. The van der Waals surface area contributed by atoms with Crippen LogP contribution in [0.1, 0.15) is 53.1 Å². The molecule has 1 aromatic heterocycles. The molecule has 0 bridgehead atoms. The van der Waals surface area contributed by atoms with E-state index in [2.05, 4.69) is 5.32 Å². The van der Waals surface area contributed by atoms with Gasteiger partial charge in [-0.2, -0.15) is 0 Å². The normalized spacial score (nSPS) is 20.0. The SMILES string of the molecule is Cc1ccc(C(=O)NC2CCN(C(=O)CC3(C(=O)O)CCC3)CC2)s1. The van der Waals surface area contributed by atoms with Crippen LogP contribution in [0.5, 0.6) is 0 Å². The van der Waals surface area contributed by atoms with E-state index in [1.54, 1.807) is 4.90 Å². The second kappa shape index (κ2) is 7.15. The minimum absolute atomic E-state index is 0.0535. The predicted molar refractivity (Wildman–Crippen MR) is 94.7 cm³/mol. The molecular weight excluding hydrogens is 340 g/mol. The fraction of sp³-hybridized carbons (Fsp3) is 0.611. The first-order chi connectivity index (χ1) is 11.9. The summed E-state index contributed by atoms with van der Waals surface area (Å²) >= 11 is 1.48.